The van der Waals surface area contributed by atoms with Crippen molar-refractivity contribution in [2.75, 3.05) is 5.32 Å². The molecule has 0 aliphatic carbocycles. The van der Waals surface area contributed by atoms with Crippen LogP contribution >= 0.6 is 23.2 Å². The third kappa shape index (κ3) is 6.53. The number of carbonyl (C=O) groups is 1. The van der Waals surface area contributed by atoms with Gasteiger partial charge in [0, 0.05) is 5.69 Å². The number of aryl methyl sites for hydroxylation is 1. The quantitative estimate of drug-likeness (QED) is 0.280. The van der Waals surface area contributed by atoms with Crippen LogP contribution in [-0.4, -0.2) is 5.91 Å². The van der Waals surface area contributed by atoms with E-state index in [-0.39, 0.29) is 33.7 Å². The molecule has 0 radical (unpaired) electrons. The Hall–Kier alpha value is -3.47. The van der Waals surface area contributed by atoms with Crippen LogP contribution in [0.3, 0.4) is 0 Å². The molecule has 34 heavy (non-hydrogen) atoms. The highest BCUT2D eigenvalue weighted by atomic mass is 35.5. The van der Waals surface area contributed by atoms with E-state index in [1.165, 1.54) is 24.3 Å². The van der Waals surface area contributed by atoms with Crippen LogP contribution in [0.4, 0.5) is 18.9 Å². The number of anilines is 1. The number of nitriles is 1. The summed E-state index contributed by atoms with van der Waals surface area (Å²) in [6.45, 7) is 2.19. The summed E-state index contributed by atoms with van der Waals surface area (Å²) < 4.78 is 44.4. The second kappa shape index (κ2) is 10.6. The molecule has 0 aromatic heterocycles. The van der Waals surface area contributed by atoms with E-state index < -0.39 is 17.6 Å². The van der Waals surface area contributed by atoms with Gasteiger partial charge in [-0.1, -0.05) is 59.1 Å². The van der Waals surface area contributed by atoms with Crippen molar-refractivity contribution in [3.63, 3.8) is 0 Å². The fourth-order valence-electron chi connectivity index (χ4n) is 3.05. The largest absolute Gasteiger partial charge is 0.486 e. The molecule has 9 heteroatoms. The molecule has 174 valence electrons. The van der Waals surface area contributed by atoms with E-state index in [1.54, 1.807) is 6.07 Å². The molecule has 4 nitrogen and oxygen atoms in total. The van der Waals surface area contributed by atoms with Crippen LogP contribution in [0.15, 0.2) is 66.2 Å². The first-order valence-corrected chi connectivity index (χ1v) is 10.6. The fraction of sp³-hybridized carbons (Fsp3) is 0.120. The minimum absolute atomic E-state index is 0.100. The summed E-state index contributed by atoms with van der Waals surface area (Å²) in [5, 5.41) is 12.0. The molecule has 1 amide bonds. The molecule has 0 heterocycles. The van der Waals surface area contributed by atoms with Gasteiger partial charge in [0.05, 0.1) is 15.6 Å². The van der Waals surface area contributed by atoms with Crippen molar-refractivity contribution < 1.29 is 22.7 Å². The summed E-state index contributed by atoms with van der Waals surface area (Å²) in [4.78, 5) is 12.5. The van der Waals surface area contributed by atoms with Gasteiger partial charge in [0.25, 0.3) is 5.91 Å². The molecule has 0 aliphatic heterocycles. The zero-order chi connectivity index (χ0) is 24.9. The number of benzene rings is 3. The number of amides is 1. The van der Waals surface area contributed by atoms with E-state index in [2.05, 4.69) is 5.32 Å². The second-order valence-corrected chi connectivity index (χ2v) is 8.11. The highest BCUT2D eigenvalue weighted by molar-refractivity contribution is 6.37. The molecule has 0 saturated carbocycles. The smallest absolute Gasteiger partial charge is 0.416 e. The monoisotopic (exact) mass is 504 g/mol. The molecular weight excluding hydrogens is 488 g/mol. The fourth-order valence-corrected chi connectivity index (χ4v) is 3.66. The van der Waals surface area contributed by atoms with Gasteiger partial charge in [-0.05, 0) is 54.5 Å². The number of hydrogen-bond acceptors (Lipinski definition) is 3. The average molecular weight is 505 g/mol. The van der Waals surface area contributed by atoms with Crippen molar-refractivity contribution in [3.05, 3.63) is 98.5 Å². The lowest BCUT2D eigenvalue weighted by molar-refractivity contribution is -0.137. The summed E-state index contributed by atoms with van der Waals surface area (Å²) in [5.41, 5.74) is 0.969. The van der Waals surface area contributed by atoms with Crippen LogP contribution in [0.25, 0.3) is 6.08 Å². The minimum atomic E-state index is -4.56. The lowest BCUT2D eigenvalue weighted by atomic mass is 10.1. The molecule has 0 atom stereocenters. The maximum absolute atomic E-state index is 12.9. The molecule has 0 unspecified atom stereocenters. The summed E-state index contributed by atoms with van der Waals surface area (Å²) in [6, 6.07) is 16.5. The predicted molar refractivity (Wildman–Crippen MR) is 126 cm³/mol. The van der Waals surface area contributed by atoms with Gasteiger partial charge in [0.15, 0.2) is 5.75 Å². The molecular formula is C25H17Cl2F3N2O2. The predicted octanol–water partition coefficient (Wildman–Crippen LogP) is 7.45. The van der Waals surface area contributed by atoms with Crippen molar-refractivity contribution >= 4 is 40.9 Å². The van der Waals surface area contributed by atoms with Crippen molar-refractivity contribution in [2.45, 2.75) is 19.7 Å². The van der Waals surface area contributed by atoms with E-state index >= 15 is 0 Å². The highest BCUT2D eigenvalue weighted by Gasteiger charge is 2.30. The summed E-state index contributed by atoms with van der Waals surface area (Å²) in [7, 11) is 0. The Morgan fingerprint density at radius 1 is 1.09 bits per heavy atom. The number of alkyl halides is 3. The first-order valence-electron chi connectivity index (χ1n) is 9.84. The standard InChI is InChI=1S/C25H17Cl2F3N2O2/c1-15-4-2-5-16(8-15)14-34-23-21(26)10-17(11-22(23)27)9-18(13-31)24(33)32-20-7-3-6-19(12-20)25(28,29)30/h2-12H,14H2,1H3,(H,32,33)/b18-9-. The first kappa shape index (κ1) is 25.2. The Kier molecular flexibility index (Phi) is 7.87. The molecule has 0 saturated heterocycles. The van der Waals surface area contributed by atoms with Gasteiger partial charge in [0.2, 0.25) is 0 Å². The zero-order valence-electron chi connectivity index (χ0n) is 17.7. The Bertz CT molecular complexity index is 1270. The number of hydrogen-bond donors (Lipinski definition) is 1. The third-order valence-corrected chi connectivity index (χ3v) is 5.17. The lowest BCUT2D eigenvalue weighted by Crippen LogP contribution is -2.14. The molecule has 0 aliphatic rings. The first-order chi connectivity index (χ1) is 16.1. The molecule has 0 spiro atoms. The van der Waals surface area contributed by atoms with Gasteiger partial charge in [0.1, 0.15) is 18.2 Å². The molecule has 0 fully saturated rings. The second-order valence-electron chi connectivity index (χ2n) is 7.29. The number of rotatable bonds is 6. The van der Waals surface area contributed by atoms with E-state index in [0.29, 0.717) is 5.56 Å². The normalized spacial score (nSPS) is 11.6. The Labute approximate surface area is 204 Å². The number of carbonyl (C=O) groups excluding carboxylic acids is 1. The highest BCUT2D eigenvalue weighted by Crippen LogP contribution is 2.35. The average Bonchev–Trinajstić information content (AvgIpc) is 2.76. The Morgan fingerprint density at radius 2 is 1.76 bits per heavy atom. The molecule has 3 aromatic carbocycles. The maximum Gasteiger partial charge on any atom is 0.416 e. The Morgan fingerprint density at radius 3 is 2.38 bits per heavy atom. The number of halogens is 5. The third-order valence-electron chi connectivity index (χ3n) is 4.61. The van der Waals surface area contributed by atoms with Crippen LogP contribution in [0, 0.1) is 18.3 Å². The minimum Gasteiger partial charge on any atom is -0.486 e. The zero-order valence-corrected chi connectivity index (χ0v) is 19.2. The summed E-state index contributed by atoms with van der Waals surface area (Å²) in [5.74, 6) is -0.636. The van der Waals surface area contributed by atoms with Crippen molar-refractivity contribution in [2.24, 2.45) is 0 Å². The van der Waals surface area contributed by atoms with Gasteiger partial charge in [-0.25, -0.2) is 0 Å². The van der Waals surface area contributed by atoms with Crippen LogP contribution in [0.2, 0.25) is 10.0 Å². The maximum atomic E-state index is 12.9. The molecule has 0 bridgehead atoms. The van der Waals surface area contributed by atoms with Gasteiger partial charge in [-0.15, -0.1) is 0 Å². The molecule has 1 N–H and O–H groups in total. The molecule has 3 aromatic rings. The van der Waals surface area contributed by atoms with E-state index in [0.717, 1.165) is 29.3 Å². The SMILES string of the molecule is Cc1cccc(COc2c(Cl)cc(/C=C(/C#N)C(=O)Nc3cccc(C(F)(F)F)c3)cc2Cl)c1. The van der Waals surface area contributed by atoms with Gasteiger partial charge in [-0.3, -0.25) is 4.79 Å². The van der Waals surface area contributed by atoms with Crippen molar-refractivity contribution in [1.29, 1.82) is 5.26 Å². The number of nitrogens with zero attached hydrogens (tertiary/aromatic N) is 1. The van der Waals surface area contributed by atoms with Crippen LogP contribution in [0.5, 0.6) is 5.75 Å². The van der Waals surface area contributed by atoms with Gasteiger partial charge >= 0.3 is 6.18 Å². The topological polar surface area (TPSA) is 62.1 Å². The Balaban J connectivity index is 1.78. The lowest BCUT2D eigenvalue weighted by Gasteiger charge is -2.12. The summed E-state index contributed by atoms with van der Waals surface area (Å²) >= 11 is 12.6. The van der Waals surface area contributed by atoms with Crippen LogP contribution < -0.4 is 10.1 Å². The number of nitrogens with one attached hydrogen (secondary N) is 1. The van der Waals surface area contributed by atoms with Gasteiger partial charge < -0.3 is 10.1 Å². The van der Waals surface area contributed by atoms with Crippen LogP contribution in [0.1, 0.15) is 22.3 Å². The summed E-state index contributed by atoms with van der Waals surface area (Å²) in [6.07, 6.45) is -3.34. The molecule has 3 rings (SSSR count). The van der Waals surface area contributed by atoms with E-state index in [1.807, 2.05) is 31.2 Å². The van der Waals surface area contributed by atoms with Gasteiger partial charge in [-0.2, -0.15) is 18.4 Å². The van der Waals surface area contributed by atoms with Crippen molar-refractivity contribution in [3.8, 4) is 11.8 Å². The van der Waals surface area contributed by atoms with Crippen LogP contribution in [-0.2, 0) is 17.6 Å². The van der Waals surface area contributed by atoms with E-state index in [9.17, 15) is 23.2 Å². The number of ether oxygens (including phenoxy) is 1. The van der Waals surface area contributed by atoms with Crippen molar-refractivity contribution in [1.82, 2.24) is 0 Å². The van der Waals surface area contributed by atoms with E-state index in [4.69, 9.17) is 27.9 Å².